The lowest BCUT2D eigenvalue weighted by atomic mass is 10.2. The minimum absolute atomic E-state index is 0.0712. The van der Waals surface area contributed by atoms with E-state index in [2.05, 4.69) is 41.3 Å². The van der Waals surface area contributed by atoms with Crippen LogP contribution in [0.3, 0.4) is 0 Å². The minimum atomic E-state index is -1.53. The maximum absolute atomic E-state index is 11.6. The molecule has 0 aromatic carbocycles. The molecule has 0 aliphatic heterocycles. The fraction of sp³-hybridized carbons (Fsp3) is 0.538. The molecule has 0 saturated heterocycles. The number of halogens is 2. The van der Waals surface area contributed by atoms with Crippen LogP contribution < -0.4 is 11.5 Å². The van der Waals surface area contributed by atoms with E-state index in [1.807, 2.05) is 0 Å². The van der Waals surface area contributed by atoms with Crippen molar-refractivity contribution < 1.29 is 38.2 Å². The first-order valence-electron chi connectivity index (χ1n) is 6.73. The van der Waals surface area contributed by atoms with Crippen molar-refractivity contribution in [3.8, 4) is 0 Å². The molecule has 0 aromatic rings. The Morgan fingerprint density at radius 3 is 1.28 bits per heavy atom. The Morgan fingerprint density at radius 1 is 0.720 bits per heavy atom. The average molecular weight is 488 g/mol. The second-order valence-corrected chi connectivity index (χ2v) is 5.81. The van der Waals surface area contributed by atoms with E-state index >= 15 is 0 Å². The van der Waals surface area contributed by atoms with Gasteiger partial charge in [-0.2, -0.15) is 0 Å². The van der Waals surface area contributed by atoms with Crippen LogP contribution in [0.15, 0.2) is 0 Å². The van der Waals surface area contributed by atoms with Crippen molar-refractivity contribution in [2.24, 2.45) is 11.5 Å². The monoisotopic (exact) mass is 486 g/mol. The van der Waals surface area contributed by atoms with Crippen LogP contribution in [0.5, 0.6) is 0 Å². The third-order valence-electron chi connectivity index (χ3n) is 2.59. The van der Waals surface area contributed by atoms with E-state index in [9.17, 15) is 28.8 Å². The third-order valence-corrected chi connectivity index (χ3v) is 3.85. The van der Waals surface area contributed by atoms with Gasteiger partial charge in [0.25, 0.3) is 11.8 Å². The van der Waals surface area contributed by atoms with Gasteiger partial charge in [0.1, 0.15) is 18.0 Å². The summed E-state index contributed by atoms with van der Waals surface area (Å²) >= 11 is 5.75. The van der Waals surface area contributed by atoms with Crippen molar-refractivity contribution in [3.63, 3.8) is 0 Å². The number of ether oxygens (including phenoxy) is 2. The van der Waals surface area contributed by atoms with E-state index in [1.165, 1.54) is 0 Å². The summed E-state index contributed by atoms with van der Waals surface area (Å²) in [5, 5.41) is -0.142. The number of Topliss-reactive ketones (excluding diaryl/α,β-unsaturated/α-hetero) is 2. The highest BCUT2D eigenvalue weighted by atomic mass is 79.9. The quantitative estimate of drug-likeness (QED) is 0.198. The van der Waals surface area contributed by atoms with Gasteiger partial charge in [-0.25, -0.2) is 0 Å². The molecule has 0 saturated carbocycles. The molecule has 0 bridgehead atoms. The highest BCUT2D eigenvalue weighted by Crippen LogP contribution is 2.07. The Morgan fingerprint density at radius 2 is 1.04 bits per heavy atom. The third kappa shape index (κ3) is 9.92. The van der Waals surface area contributed by atoms with Crippen LogP contribution in [0.25, 0.3) is 0 Å². The molecule has 12 heteroatoms. The topological polar surface area (TPSA) is 173 Å². The Labute approximate surface area is 159 Å². The molecule has 0 aliphatic rings. The highest BCUT2D eigenvalue weighted by Gasteiger charge is 2.27. The largest absolute Gasteiger partial charge is 0.451 e. The summed E-state index contributed by atoms with van der Waals surface area (Å²) in [5.41, 5.74) is 10.0. The van der Waals surface area contributed by atoms with Gasteiger partial charge < -0.3 is 20.9 Å². The predicted molar refractivity (Wildman–Crippen MR) is 89.6 cm³/mol. The molecule has 10 nitrogen and oxygen atoms in total. The molecule has 4 N–H and O–H groups in total. The molecule has 2 amide bonds. The lowest BCUT2D eigenvalue weighted by molar-refractivity contribution is -0.165. The number of rotatable bonds is 12. The molecule has 0 aliphatic carbocycles. The van der Waals surface area contributed by atoms with Crippen LogP contribution in [-0.4, -0.2) is 58.2 Å². The lowest BCUT2D eigenvalue weighted by Crippen LogP contribution is -2.37. The summed E-state index contributed by atoms with van der Waals surface area (Å²) in [7, 11) is 0. The van der Waals surface area contributed by atoms with Crippen molar-refractivity contribution in [2.75, 3.05) is 10.7 Å². The highest BCUT2D eigenvalue weighted by molar-refractivity contribution is 9.09. The summed E-state index contributed by atoms with van der Waals surface area (Å²) in [6.45, 7) is 0. The molecule has 0 spiro atoms. The van der Waals surface area contributed by atoms with Crippen molar-refractivity contribution in [3.05, 3.63) is 0 Å². The first-order valence-corrected chi connectivity index (χ1v) is 8.97. The molecule has 25 heavy (non-hydrogen) atoms. The number of alkyl halides is 2. The van der Waals surface area contributed by atoms with E-state index in [0.29, 0.717) is 0 Å². The summed E-state index contributed by atoms with van der Waals surface area (Å²) in [5.74, 6) is -5.39. The maximum atomic E-state index is 11.6. The van der Waals surface area contributed by atoms with Crippen molar-refractivity contribution in [1.29, 1.82) is 0 Å². The molecular formula is C13H16Br2N2O8. The number of esters is 2. The van der Waals surface area contributed by atoms with Crippen LogP contribution in [0, 0.1) is 0 Å². The Bertz CT molecular complexity index is 518. The van der Waals surface area contributed by atoms with Gasteiger partial charge in [-0.1, -0.05) is 31.9 Å². The molecule has 0 fully saturated rings. The van der Waals surface area contributed by atoms with Gasteiger partial charge in [0.15, 0.2) is 12.2 Å². The molecule has 0 aromatic heterocycles. The molecule has 140 valence electrons. The van der Waals surface area contributed by atoms with Crippen LogP contribution in [0.1, 0.15) is 19.3 Å². The minimum Gasteiger partial charge on any atom is -0.451 e. The van der Waals surface area contributed by atoms with Crippen LogP contribution in [-0.2, 0) is 38.2 Å². The predicted octanol–water partition coefficient (Wildman–Crippen LogP) is -1.12. The fourth-order valence-corrected chi connectivity index (χ4v) is 1.90. The molecule has 0 rings (SSSR count). The second kappa shape index (κ2) is 11.7. The fourth-order valence-electron chi connectivity index (χ4n) is 1.44. The normalized spacial score (nSPS) is 12.6. The Hall–Kier alpha value is -1.82. The number of nitrogens with two attached hydrogens (primary N) is 2. The number of primary amides is 2. The van der Waals surface area contributed by atoms with Gasteiger partial charge in [-0.3, -0.25) is 28.8 Å². The van der Waals surface area contributed by atoms with Gasteiger partial charge in [0.2, 0.25) is 0 Å². The Kier molecular flexibility index (Phi) is 10.8. The van der Waals surface area contributed by atoms with Crippen molar-refractivity contribution in [2.45, 2.75) is 31.5 Å². The van der Waals surface area contributed by atoms with Crippen LogP contribution >= 0.6 is 31.9 Å². The van der Waals surface area contributed by atoms with Gasteiger partial charge in [-0.15, -0.1) is 0 Å². The molecule has 0 heterocycles. The number of amides is 2. The smallest absolute Gasteiger partial charge is 0.317 e. The number of hydrogen-bond acceptors (Lipinski definition) is 8. The van der Waals surface area contributed by atoms with E-state index < -0.39 is 66.8 Å². The molecule has 2 atom stereocenters. The second-order valence-electron chi connectivity index (χ2n) is 4.69. The van der Waals surface area contributed by atoms with E-state index in [-0.39, 0.29) is 10.7 Å². The summed E-state index contributed by atoms with van der Waals surface area (Å²) in [6.07, 6.45) is -4.94. The van der Waals surface area contributed by atoms with E-state index in [0.717, 1.165) is 0 Å². The number of hydrogen-bond donors (Lipinski definition) is 2. The first kappa shape index (κ1) is 23.2. The molecular weight excluding hydrogens is 472 g/mol. The van der Waals surface area contributed by atoms with Crippen LogP contribution in [0.4, 0.5) is 0 Å². The summed E-state index contributed by atoms with van der Waals surface area (Å²) in [6, 6.07) is 0. The number of carbonyl (C=O) groups excluding carboxylic acids is 6. The van der Waals surface area contributed by atoms with E-state index in [1.54, 1.807) is 0 Å². The zero-order chi connectivity index (χ0) is 19.6. The lowest BCUT2D eigenvalue weighted by Gasteiger charge is -2.15. The maximum Gasteiger partial charge on any atom is 0.317 e. The zero-order valence-electron chi connectivity index (χ0n) is 12.9. The SMILES string of the molecule is NC(=O)C(CC(=O)CBr)OC(=O)CC(=O)OC(CC(=O)CBr)C(N)=O. The van der Waals surface area contributed by atoms with Crippen LogP contribution in [0.2, 0.25) is 0 Å². The Balaban J connectivity index is 4.67. The molecule has 2 unspecified atom stereocenters. The number of carbonyl (C=O) groups is 6. The zero-order valence-corrected chi connectivity index (χ0v) is 16.0. The van der Waals surface area contributed by atoms with Gasteiger partial charge in [0, 0.05) is 0 Å². The number of ketones is 2. The standard InChI is InChI=1S/C13H16Br2N2O8/c14-4-6(18)1-8(12(16)22)24-10(20)3-11(21)25-9(13(17)23)2-7(19)5-15/h8-9H,1-5H2,(H2,16,22)(H2,17,23). The average Bonchev–Trinajstić information content (AvgIpc) is 2.52. The van der Waals surface area contributed by atoms with Crippen molar-refractivity contribution in [1.82, 2.24) is 0 Å². The van der Waals surface area contributed by atoms with Crippen molar-refractivity contribution >= 4 is 67.2 Å². The first-order chi connectivity index (χ1) is 11.6. The van der Waals surface area contributed by atoms with Gasteiger partial charge >= 0.3 is 11.9 Å². The summed E-state index contributed by atoms with van der Waals surface area (Å²) < 4.78 is 9.31. The molecule has 0 radical (unpaired) electrons. The van der Waals surface area contributed by atoms with E-state index in [4.69, 9.17) is 11.5 Å². The van der Waals surface area contributed by atoms with Gasteiger partial charge in [-0.05, 0) is 0 Å². The van der Waals surface area contributed by atoms with Gasteiger partial charge in [0.05, 0.1) is 23.5 Å². The summed E-state index contributed by atoms with van der Waals surface area (Å²) in [4.78, 5) is 68.1.